The molecule has 0 saturated heterocycles. The van der Waals surface area contributed by atoms with Gasteiger partial charge in [-0.05, 0) is 18.8 Å². The molecule has 0 aliphatic heterocycles. The zero-order chi connectivity index (χ0) is 12.1. The molecule has 1 aromatic carbocycles. The molecule has 17 heavy (non-hydrogen) atoms. The van der Waals surface area contributed by atoms with Gasteiger partial charge < -0.3 is 4.74 Å². The van der Waals surface area contributed by atoms with Gasteiger partial charge in [0.1, 0.15) is 0 Å². The van der Waals surface area contributed by atoms with E-state index in [0.717, 1.165) is 23.7 Å². The zero-order valence-electron chi connectivity index (χ0n) is 10.3. The zero-order valence-corrected chi connectivity index (χ0v) is 10.3. The monoisotopic (exact) mass is 229 g/mol. The summed E-state index contributed by atoms with van der Waals surface area (Å²) in [5, 5.41) is 0. The van der Waals surface area contributed by atoms with E-state index >= 15 is 0 Å². The maximum absolute atomic E-state index is 5.61. The molecular formula is C14H17N2O+. The summed E-state index contributed by atoms with van der Waals surface area (Å²) in [4.78, 5) is 4.45. The standard InChI is InChI=1S/C14H17N2O/c1-3-16-11-15-13(10-14(16)17-4-2)12-8-6-5-7-9-12/h5-11H,3-4H2,1-2H3/q+1. The molecule has 0 unspecified atom stereocenters. The van der Waals surface area contributed by atoms with Crippen LogP contribution in [0.1, 0.15) is 13.8 Å². The van der Waals surface area contributed by atoms with Crippen LogP contribution in [-0.2, 0) is 6.54 Å². The fourth-order valence-electron chi connectivity index (χ4n) is 1.70. The minimum Gasteiger partial charge on any atom is -0.462 e. The lowest BCUT2D eigenvalue weighted by Gasteiger charge is -2.05. The predicted octanol–water partition coefficient (Wildman–Crippen LogP) is 2.45. The van der Waals surface area contributed by atoms with Gasteiger partial charge in [0.25, 0.3) is 12.2 Å². The van der Waals surface area contributed by atoms with E-state index in [1.165, 1.54) is 0 Å². The predicted molar refractivity (Wildman–Crippen MR) is 66.7 cm³/mol. The largest absolute Gasteiger partial charge is 0.462 e. The van der Waals surface area contributed by atoms with Gasteiger partial charge in [-0.1, -0.05) is 30.3 Å². The maximum Gasteiger partial charge on any atom is 0.289 e. The van der Waals surface area contributed by atoms with Gasteiger partial charge in [-0.3, -0.25) is 0 Å². The molecule has 3 heteroatoms. The average molecular weight is 229 g/mol. The molecule has 0 amide bonds. The van der Waals surface area contributed by atoms with E-state index in [2.05, 4.69) is 11.9 Å². The SMILES string of the molecule is CCOc1cc(-c2ccccc2)nc[n+]1CC. The molecule has 0 aliphatic rings. The molecule has 0 aliphatic carbocycles. The number of nitrogens with zero attached hydrogens (tertiary/aromatic N) is 2. The Balaban J connectivity index is 2.40. The van der Waals surface area contributed by atoms with Crippen molar-refractivity contribution in [2.24, 2.45) is 0 Å². The summed E-state index contributed by atoms with van der Waals surface area (Å²) in [6.45, 7) is 5.59. The highest BCUT2D eigenvalue weighted by Crippen LogP contribution is 2.18. The Morgan fingerprint density at radius 1 is 1.18 bits per heavy atom. The Morgan fingerprint density at radius 3 is 2.59 bits per heavy atom. The Hall–Kier alpha value is -1.90. The van der Waals surface area contributed by atoms with Gasteiger partial charge in [0, 0.05) is 5.56 Å². The fourth-order valence-corrected chi connectivity index (χ4v) is 1.70. The van der Waals surface area contributed by atoms with Gasteiger partial charge in [0.05, 0.1) is 19.2 Å². The molecule has 2 aromatic rings. The number of aryl methyl sites for hydroxylation is 1. The van der Waals surface area contributed by atoms with Crippen LogP contribution >= 0.6 is 0 Å². The van der Waals surface area contributed by atoms with Crippen LogP contribution in [0.2, 0.25) is 0 Å². The second-order valence-corrected chi connectivity index (χ2v) is 3.70. The lowest BCUT2D eigenvalue weighted by molar-refractivity contribution is -0.701. The van der Waals surface area contributed by atoms with Gasteiger partial charge in [0.15, 0.2) is 5.69 Å². The van der Waals surface area contributed by atoms with Crippen LogP contribution in [-0.4, -0.2) is 11.6 Å². The number of ether oxygens (including phenoxy) is 1. The van der Waals surface area contributed by atoms with Crippen LogP contribution in [0.15, 0.2) is 42.7 Å². The third kappa shape index (κ3) is 2.61. The molecule has 0 radical (unpaired) electrons. The second kappa shape index (κ2) is 5.43. The van der Waals surface area contributed by atoms with Gasteiger partial charge in [-0.2, -0.15) is 4.57 Å². The van der Waals surface area contributed by atoms with Crippen molar-refractivity contribution in [1.29, 1.82) is 0 Å². The molecule has 0 N–H and O–H groups in total. The Labute approximate surface area is 102 Å². The lowest BCUT2D eigenvalue weighted by Crippen LogP contribution is -2.35. The van der Waals surface area contributed by atoms with E-state index in [-0.39, 0.29) is 0 Å². The smallest absolute Gasteiger partial charge is 0.289 e. The third-order valence-corrected chi connectivity index (χ3v) is 2.58. The van der Waals surface area contributed by atoms with Crippen molar-refractivity contribution in [2.45, 2.75) is 20.4 Å². The highest BCUT2D eigenvalue weighted by molar-refractivity contribution is 5.58. The van der Waals surface area contributed by atoms with Crippen molar-refractivity contribution >= 4 is 0 Å². The molecule has 2 rings (SSSR count). The molecule has 0 atom stereocenters. The van der Waals surface area contributed by atoms with E-state index in [1.807, 2.05) is 54.2 Å². The summed E-state index contributed by atoms with van der Waals surface area (Å²) in [7, 11) is 0. The average Bonchev–Trinajstić information content (AvgIpc) is 2.40. The van der Waals surface area contributed by atoms with Crippen LogP contribution in [0.5, 0.6) is 5.88 Å². The molecule has 0 bridgehead atoms. The van der Waals surface area contributed by atoms with Gasteiger partial charge in [-0.15, -0.1) is 0 Å². The first kappa shape index (κ1) is 11.6. The van der Waals surface area contributed by atoms with Crippen LogP contribution in [0, 0.1) is 0 Å². The normalized spacial score (nSPS) is 10.2. The molecule has 3 nitrogen and oxygen atoms in total. The maximum atomic E-state index is 5.61. The van der Waals surface area contributed by atoms with E-state index in [4.69, 9.17) is 4.74 Å². The van der Waals surface area contributed by atoms with Crippen molar-refractivity contribution in [3.05, 3.63) is 42.7 Å². The Kier molecular flexibility index (Phi) is 3.70. The Bertz CT molecular complexity index is 483. The van der Waals surface area contributed by atoms with E-state index in [9.17, 15) is 0 Å². The van der Waals surface area contributed by atoms with Crippen LogP contribution in [0.25, 0.3) is 11.3 Å². The van der Waals surface area contributed by atoms with Crippen molar-refractivity contribution in [3.63, 3.8) is 0 Å². The van der Waals surface area contributed by atoms with Gasteiger partial charge in [-0.25, -0.2) is 0 Å². The summed E-state index contributed by atoms with van der Waals surface area (Å²) in [6.07, 6.45) is 1.83. The van der Waals surface area contributed by atoms with Gasteiger partial charge >= 0.3 is 0 Å². The fraction of sp³-hybridized carbons (Fsp3) is 0.286. The number of hydrogen-bond acceptors (Lipinski definition) is 2. The number of hydrogen-bond donors (Lipinski definition) is 0. The van der Waals surface area contributed by atoms with Crippen molar-refractivity contribution in [3.8, 4) is 17.1 Å². The topological polar surface area (TPSA) is 26.0 Å². The lowest BCUT2D eigenvalue weighted by atomic mass is 10.1. The van der Waals surface area contributed by atoms with Gasteiger partial charge in [0.2, 0.25) is 0 Å². The highest BCUT2D eigenvalue weighted by Gasteiger charge is 2.12. The van der Waals surface area contributed by atoms with Crippen molar-refractivity contribution in [1.82, 2.24) is 4.98 Å². The third-order valence-electron chi connectivity index (χ3n) is 2.58. The highest BCUT2D eigenvalue weighted by atomic mass is 16.5. The van der Waals surface area contributed by atoms with Crippen molar-refractivity contribution < 1.29 is 9.30 Å². The van der Waals surface area contributed by atoms with E-state index in [1.54, 1.807) is 0 Å². The minimum atomic E-state index is 0.665. The van der Waals surface area contributed by atoms with Crippen molar-refractivity contribution in [2.75, 3.05) is 6.61 Å². The molecule has 1 heterocycles. The quantitative estimate of drug-likeness (QED) is 0.753. The summed E-state index contributed by atoms with van der Waals surface area (Å²) in [6, 6.07) is 12.1. The second-order valence-electron chi connectivity index (χ2n) is 3.70. The van der Waals surface area contributed by atoms with E-state index < -0.39 is 0 Å². The first-order chi connectivity index (χ1) is 8.35. The van der Waals surface area contributed by atoms with E-state index in [0.29, 0.717) is 6.61 Å². The molecule has 1 aromatic heterocycles. The van der Waals surface area contributed by atoms with Crippen LogP contribution in [0.4, 0.5) is 0 Å². The summed E-state index contributed by atoms with van der Waals surface area (Å²) >= 11 is 0. The molecule has 88 valence electrons. The Morgan fingerprint density at radius 2 is 1.94 bits per heavy atom. The van der Waals surface area contributed by atoms with Crippen LogP contribution < -0.4 is 9.30 Å². The molecular weight excluding hydrogens is 212 g/mol. The summed E-state index contributed by atoms with van der Waals surface area (Å²) < 4.78 is 7.61. The molecule has 0 saturated carbocycles. The first-order valence-corrected chi connectivity index (χ1v) is 5.92. The number of rotatable bonds is 4. The summed E-state index contributed by atoms with van der Waals surface area (Å²) in [5.74, 6) is 0.865. The minimum absolute atomic E-state index is 0.665. The number of aromatic nitrogens is 2. The summed E-state index contributed by atoms with van der Waals surface area (Å²) in [5.41, 5.74) is 2.05. The first-order valence-electron chi connectivity index (χ1n) is 5.92. The molecule has 0 fully saturated rings. The number of benzene rings is 1. The van der Waals surface area contributed by atoms with Crippen LogP contribution in [0.3, 0.4) is 0 Å². The molecule has 0 spiro atoms.